The standard InChI is InChI=1S/C10H8FNO3/c11-8-5-7(10(14)15)2-1-6(8)3-4-9(12)13/h1-5H,(H2,12,13)(H,14,15). The lowest BCUT2D eigenvalue weighted by Crippen LogP contribution is -2.05. The maximum atomic E-state index is 13.2. The van der Waals surface area contributed by atoms with Crippen molar-refractivity contribution >= 4 is 18.0 Å². The molecule has 0 unspecified atom stereocenters. The summed E-state index contributed by atoms with van der Waals surface area (Å²) in [6.07, 6.45) is 2.18. The topological polar surface area (TPSA) is 80.4 Å². The van der Waals surface area contributed by atoms with Crippen molar-refractivity contribution in [2.45, 2.75) is 0 Å². The Morgan fingerprint density at radius 3 is 2.53 bits per heavy atom. The fourth-order valence-electron chi connectivity index (χ4n) is 0.967. The third-order valence-corrected chi connectivity index (χ3v) is 1.67. The Kier molecular flexibility index (Phi) is 3.17. The second-order valence-corrected chi connectivity index (χ2v) is 2.78. The Bertz CT molecular complexity index is 440. The first-order valence-corrected chi connectivity index (χ1v) is 4.01. The van der Waals surface area contributed by atoms with E-state index in [4.69, 9.17) is 10.8 Å². The van der Waals surface area contributed by atoms with Crippen molar-refractivity contribution in [3.05, 3.63) is 41.2 Å². The molecule has 3 N–H and O–H groups in total. The van der Waals surface area contributed by atoms with Gasteiger partial charge in [0, 0.05) is 11.6 Å². The van der Waals surface area contributed by atoms with E-state index >= 15 is 0 Å². The molecule has 1 amide bonds. The average molecular weight is 209 g/mol. The molecule has 0 saturated carbocycles. The van der Waals surface area contributed by atoms with Crippen LogP contribution in [0, 0.1) is 5.82 Å². The van der Waals surface area contributed by atoms with Crippen LogP contribution in [0.1, 0.15) is 15.9 Å². The van der Waals surface area contributed by atoms with Gasteiger partial charge in [0.05, 0.1) is 5.56 Å². The van der Waals surface area contributed by atoms with Crippen molar-refractivity contribution in [1.29, 1.82) is 0 Å². The van der Waals surface area contributed by atoms with E-state index in [1.165, 1.54) is 18.2 Å². The SMILES string of the molecule is NC(=O)C=Cc1ccc(C(=O)O)cc1F. The first-order chi connectivity index (χ1) is 7.00. The molecule has 0 aliphatic carbocycles. The Morgan fingerprint density at radius 1 is 1.40 bits per heavy atom. The number of halogens is 1. The lowest BCUT2D eigenvalue weighted by Gasteiger charge is -1.98. The van der Waals surface area contributed by atoms with Crippen LogP contribution in [0.4, 0.5) is 4.39 Å². The van der Waals surface area contributed by atoms with E-state index in [0.717, 1.165) is 12.1 Å². The number of primary amides is 1. The highest BCUT2D eigenvalue weighted by Gasteiger charge is 2.06. The van der Waals surface area contributed by atoms with Gasteiger partial charge in [-0.15, -0.1) is 0 Å². The van der Waals surface area contributed by atoms with Crippen LogP contribution < -0.4 is 5.73 Å². The highest BCUT2D eigenvalue weighted by atomic mass is 19.1. The van der Waals surface area contributed by atoms with Gasteiger partial charge in [0.1, 0.15) is 5.82 Å². The molecule has 1 aromatic carbocycles. The van der Waals surface area contributed by atoms with Gasteiger partial charge in [-0.05, 0) is 18.2 Å². The molecule has 1 rings (SSSR count). The number of hydrogen-bond acceptors (Lipinski definition) is 2. The quantitative estimate of drug-likeness (QED) is 0.729. The maximum Gasteiger partial charge on any atom is 0.335 e. The molecule has 0 heterocycles. The number of benzene rings is 1. The van der Waals surface area contributed by atoms with Gasteiger partial charge in [-0.3, -0.25) is 4.79 Å². The lowest BCUT2D eigenvalue weighted by atomic mass is 10.1. The molecule has 5 heteroatoms. The first-order valence-electron chi connectivity index (χ1n) is 4.01. The normalized spacial score (nSPS) is 10.5. The van der Waals surface area contributed by atoms with Crippen molar-refractivity contribution in [2.75, 3.05) is 0 Å². The Balaban J connectivity index is 3.03. The number of carbonyl (C=O) groups is 2. The summed E-state index contributed by atoms with van der Waals surface area (Å²) < 4.78 is 13.2. The number of carboxylic acid groups (broad SMARTS) is 1. The number of aromatic carboxylic acids is 1. The molecule has 0 spiro atoms. The lowest BCUT2D eigenvalue weighted by molar-refractivity contribution is -0.113. The molecular weight excluding hydrogens is 201 g/mol. The number of carbonyl (C=O) groups excluding carboxylic acids is 1. The van der Waals surface area contributed by atoms with E-state index in [1.807, 2.05) is 0 Å². The van der Waals surface area contributed by atoms with Crippen LogP contribution in [0.3, 0.4) is 0 Å². The second kappa shape index (κ2) is 4.36. The number of carboxylic acids is 1. The van der Waals surface area contributed by atoms with Crippen LogP contribution in [0.15, 0.2) is 24.3 Å². The van der Waals surface area contributed by atoms with Crippen LogP contribution in [0.5, 0.6) is 0 Å². The third kappa shape index (κ3) is 2.91. The highest BCUT2D eigenvalue weighted by molar-refractivity contribution is 5.91. The van der Waals surface area contributed by atoms with Gasteiger partial charge in [-0.25, -0.2) is 9.18 Å². The fourth-order valence-corrected chi connectivity index (χ4v) is 0.967. The van der Waals surface area contributed by atoms with Gasteiger partial charge < -0.3 is 10.8 Å². The minimum absolute atomic E-state index is 0.110. The largest absolute Gasteiger partial charge is 0.478 e. The van der Waals surface area contributed by atoms with Gasteiger partial charge in [-0.1, -0.05) is 6.07 Å². The average Bonchev–Trinajstić information content (AvgIpc) is 2.15. The van der Waals surface area contributed by atoms with Crippen molar-refractivity contribution < 1.29 is 19.1 Å². The van der Waals surface area contributed by atoms with Crippen molar-refractivity contribution in [1.82, 2.24) is 0 Å². The summed E-state index contributed by atoms with van der Waals surface area (Å²) in [6, 6.07) is 3.38. The summed E-state index contributed by atoms with van der Waals surface area (Å²) in [5.74, 6) is -2.62. The molecular formula is C10H8FNO3. The van der Waals surface area contributed by atoms with E-state index in [2.05, 4.69) is 0 Å². The number of hydrogen-bond donors (Lipinski definition) is 2. The zero-order valence-electron chi connectivity index (χ0n) is 7.61. The Morgan fingerprint density at radius 2 is 2.07 bits per heavy atom. The molecule has 0 bridgehead atoms. The van der Waals surface area contributed by atoms with E-state index in [9.17, 15) is 14.0 Å². The number of amides is 1. The summed E-state index contributed by atoms with van der Waals surface area (Å²) in [5.41, 5.74) is 4.79. The van der Waals surface area contributed by atoms with Crippen molar-refractivity contribution in [2.24, 2.45) is 5.73 Å². The molecule has 0 aliphatic rings. The maximum absolute atomic E-state index is 13.2. The zero-order valence-corrected chi connectivity index (χ0v) is 7.61. The number of nitrogens with two attached hydrogens (primary N) is 1. The minimum atomic E-state index is -1.21. The van der Waals surface area contributed by atoms with Gasteiger partial charge in [-0.2, -0.15) is 0 Å². The molecule has 0 aliphatic heterocycles. The monoisotopic (exact) mass is 209 g/mol. The molecule has 0 aromatic heterocycles. The summed E-state index contributed by atoms with van der Waals surface area (Å²) in [5, 5.41) is 8.56. The first kappa shape index (κ1) is 10.9. The Hall–Kier alpha value is -2.17. The predicted octanol–water partition coefficient (Wildman–Crippen LogP) is 1.02. The van der Waals surface area contributed by atoms with Gasteiger partial charge in [0.2, 0.25) is 5.91 Å². The molecule has 4 nitrogen and oxygen atoms in total. The summed E-state index contributed by atoms with van der Waals surface area (Å²) >= 11 is 0. The fraction of sp³-hybridized carbons (Fsp3) is 0. The van der Waals surface area contributed by atoms with Crippen molar-refractivity contribution in [3.63, 3.8) is 0 Å². The van der Waals surface area contributed by atoms with Crippen LogP contribution in [0.2, 0.25) is 0 Å². The predicted molar refractivity (Wildman–Crippen MR) is 51.6 cm³/mol. The second-order valence-electron chi connectivity index (χ2n) is 2.78. The smallest absolute Gasteiger partial charge is 0.335 e. The molecule has 15 heavy (non-hydrogen) atoms. The molecule has 0 saturated heterocycles. The third-order valence-electron chi connectivity index (χ3n) is 1.67. The molecule has 1 aromatic rings. The summed E-state index contributed by atoms with van der Waals surface area (Å²) in [7, 11) is 0. The molecule has 0 atom stereocenters. The highest BCUT2D eigenvalue weighted by Crippen LogP contribution is 2.12. The number of rotatable bonds is 3. The van der Waals surface area contributed by atoms with E-state index in [0.29, 0.717) is 0 Å². The van der Waals surface area contributed by atoms with Gasteiger partial charge in [0.15, 0.2) is 0 Å². The van der Waals surface area contributed by atoms with Gasteiger partial charge >= 0.3 is 5.97 Å². The van der Waals surface area contributed by atoms with Crippen LogP contribution in [0.25, 0.3) is 6.08 Å². The van der Waals surface area contributed by atoms with E-state index < -0.39 is 17.7 Å². The van der Waals surface area contributed by atoms with Gasteiger partial charge in [0.25, 0.3) is 0 Å². The van der Waals surface area contributed by atoms with Crippen LogP contribution >= 0.6 is 0 Å². The van der Waals surface area contributed by atoms with Crippen LogP contribution in [-0.2, 0) is 4.79 Å². The minimum Gasteiger partial charge on any atom is -0.478 e. The zero-order chi connectivity index (χ0) is 11.4. The van der Waals surface area contributed by atoms with Crippen LogP contribution in [-0.4, -0.2) is 17.0 Å². The molecule has 0 radical (unpaired) electrons. The van der Waals surface area contributed by atoms with E-state index in [1.54, 1.807) is 0 Å². The molecule has 78 valence electrons. The van der Waals surface area contributed by atoms with Crippen molar-refractivity contribution in [3.8, 4) is 0 Å². The Labute approximate surface area is 84.8 Å². The summed E-state index contributed by atoms with van der Waals surface area (Å²) in [6.45, 7) is 0. The summed E-state index contributed by atoms with van der Waals surface area (Å²) in [4.78, 5) is 20.8. The molecule has 0 fully saturated rings. The van der Waals surface area contributed by atoms with E-state index in [-0.39, 0.29) is 11.1 Å².